The maximum Gasteiger partial charge on any atom is 0.348 e. The molecule has 2 rings (SSSR count). The normalized spacial score (nSPS) is 18.3. The number of carbonyl (C=O) groups excluding carboxylic acids is 2. The van der Waals surface area contributed by atoms with E-state index in [1.807, 2.05) is 19.9 Å². The first-order valence-corrected chi connectivity index (χ1v) is 7.26. The molecule has 0 amide bonds. The maximum atomic E-state index is 11.9. The second-order valence-electron chi connectivity index (χ2n) is 5.65. The Balaban J connectivity index is 2.24. The van der Waals surface area contributed by atoms with Crippen molar-refractivity contribution in [3.05, 3.63) is 35.4 Å². The molecule has 1 heterocycles. The summed E-state index contributed by atoms with van der Waals surface area (Å²) in [6.45, 7) is 7.04. The summed E-state index contributed by atoms with van der Waals surface area (Å²) in [5.74, 6) is -1.92. The second kappa shape index (κ2) is 6.22. The van der Waals surface area contributed by atoms with Crippen LogP contribution in [0.2, 0.25) is 0 Å². The van der Waals surface area contributed by atoms with Crippen LogP contribution in [0.1, 0.15) is 39.7 Å². The molecule has 0 aromatic heterocycles. The van der Waals surface area contributed by atoms with E-state index < -0.39 is 17.7 Å². The van der Waals surface area contributed by atoms with Gasteiger partial charge in [-0.2, -0.15) is 0 Å². The lowest BCUT2D eigenvalue weighted by molar-refractivity contribution is -0.222. The van der Waals surface area contributed by atoms with Gasteiger partial charge in [-0.15, -0.1) is 0 Å². The smallest absolute Gasteiger partial charge is 0.348 e. The van der Waals surface area contributed by atoms with Gasteiger partial charge < -0.3 is 14.2 Å². The molecule has 1 aromatic rings. The number of cyclic esters (lactones) is 2. The summed E-state index contributed by atoms with van der Waals surface area (Å²) in [5.41, 5.74) is 0.546. The lowest BCUT2D eigenvalue weighted by Gasteiger charge is -2.29. The molecule has 1 atom stereocenters. The fourth-order valence-electron chi connectivity index (χ4n) is 1.94. The molecule has 5 heteroatoms. The molecular weight excluding hydrogens is 284 g/mol. The molecule has 0 saturated carbocycles. The van der Waals surface area contributed by atoms with Gasteiger partial charge in [0, 0.05) is 13.8 Å². The highest BCUT2D eigenvalue weighted by Gasteiger charge is 2.38. The summed E-state index contributed by atoms with van der Waals surface area (Å²) < 4.78 is 15.8. The van der Waals surface area contributed by atoms with Crippen LogP contribution in [-0.4, -0.2) is 23.8 Å². The third-order valence-electron chi connectivity index (χ3n) is 3.20. The van der Waals surface area contributed by atoms with E-state index in [9.17, 15) is 9.59 Å². The fourth-order valence-corrected chi connectivity index (χ4v) is 1.94. The van der Waals surface area contributed by atoms with Crippen LogP contribution in [0, 0.1) is 0 Å². The van der Waals surface area contributed by atoms with E-state index >= 15 is 0 Å². The standard InChI is InChI=1S/C17H20O5/c1-5-11(2)20-13-8-6-7-12(9-13)10-14-15(18)21-17(3,4)22-16(14)19/h6-11H,5H2,1-4H3. The van der Waals surface area contributed by atoms with Gasteiger partial charge in [-0.25, -0.2) is 9.59 Å². The van der Waals surface area contributed by atoms with Crippen molar-refractivity contribution < 1.29 is 23.8 Å². The molecule has 1 aliphatic rings. The molecule has 0 spiro atoms. The van der Waals surface area contributed by atoms with Gasteiger partial charge in [-0.3, -0.25) is 0 Å². The first-order valence-electron chi connectivity index (χ1n) is 7.26. The van der Waals surface area contributed by atoms with Crippen LogP contribution in [-0.2, 0) is 19.1 Å². The number of hydrogen-bond acceptors (Lipinski definition) is 5. The first-order chi connectivity index (χ1) is 10.3. The molecule has 1 aromatic carbocycles. The first kappa shape index (κ1) is 16.1. The van der Waals surface area contributed by atoms with Crippen molar-refractivity contribution in [2.24, 2.45) is 0 Å². The van der Waals surface area contributed by atoms with Crippen LogP contribution in [0.4, 0.5) is 0 Å². The Labute approximate surface area is 129 Å². The summed E-state index contributed by atoms with van der Waals surface area (Å²) >= 11 is 0. The lowest BCUT2D eigenvalue weighted by atomic mass is 10.1. The van der Waals surface area contributed by atoms with Gasteiger partial charge in [0.15, 0.2) is 0 Å². The van der Waals surface area contributed by atoms with E-state index in [4.69, 9.17) is 14.2 Å². The molecule has 22 heavy (non-hydrogen) atoms. The summed E-state index contributed by atoms with van der Waals surface area (Å²) in [7, 11) is 0. The van der Waals surface area contributed by atoms with Gasteiger partial charge in [0.25, 0.3) is 5.79 Å². The second-order valence-corrected chi connectivity index (χ2v) is 5.65. The van der Waals surface area contributed by atoms with Crippen LogP contribution >= 0.6 is 0 Å². The van der Waals surface area contributed by atoms with Crippen LogP contribution in [0.3, 0.4) is 0 Å². The average molecular weight is 304 g/mol. The Morgan fingerprint density at radius 2 is 1.86 bits per heavy atom. The maximum absolute atomic E-state index is 11.9. The van der Waals surface area contributed by atoms with Gasteiger partial charge in [0.2, 0.25) is 0 Å². The van der Waals surface area contributed by atoms with Gasteiger partial charge in [-0.05, 0) is 37.1 Å². The molecule has 1 saturated heterocycles. The van der Waals surface area contributed by atoms with Gasteiger partial charge in [0.05, 0.1) is 6.10 Å². The van der Waals surface area contributed by atoms with Crippen molar-refractivity contribution in [1.29, 1.82) is 0 Å². The Morgan fingerprint density at radius 1 is 1.23 bits per heavy atom. The van der Waals surface area contributed by atoms with Gasteiger partial charge in [0.1, 0.15) is 11.3 Å². The number of carbonyl (C=O) groups is 2. The third-order valence-corrected chi connectivity index (χ3v) is 3.20. The molecule has 0 aliphatic carbocycles. The zero-order chi connectivity index (χ0) is 16.3. The van der Waals surface area contributed by atoms with E-state index in [1.54, 1.807) is 18.2 Å². The van der Waals surface area contributed by atoms with E-state index in [2.05, 4.69) is 0 Å². The summed E-state index contributed by atoms with van der Waals surface area (Å²) in [6, 6.07) is 7.17. The molecule has 5 nitrogen and oxygen atoms in total. The lowest BCUT2D eigenvalue weighted by Crippen LogP contribution is -2.41. The molecule has 1 fully saturated rings. The Bertz CT molecular complexity index is 593. The summed E-state index contributed by atoms with van der Waals surface area (Å²) in [4.78, 5) is 23.8. The monoisotopic (exact) mass is 304 g/mol. The van der Waals surface area contributed by atoms with E-state index in [0.29, 0.717) is 11.3 Å². The van der Waals surface area contributed by atoms with Crippen molar-refractivity contribution in [3.8, 4) is 5.75 Å². The van der Waals surface area contributed by atoms with E-state index in [0.717, 1.165) is 6.42 Å². The number of benzene rings is 1. The summed E-state index contributed by atoms with van der Waals surface area (Å²) in [6.07, 6.45) is 2.43. The largest absolute Gasteiger partial charge is 0.491 e. The average Bonchev–Trinajstić information content (AvgIpc) is 2.42. The number of esters is 2. The fraction of sp³-hybridized carbons (Fsp3) is 0.412. The Hall–Kier alpha value is -2.30. The topological polar surface area (TPSA) is 61.8 Å². The number of rotatable bonds is 4. The van der Waals surface area contributed by atoms with Crippen molar-refractivity contribution in [2.75, 3.05) is 0 Å². The van der Waals surface area contributed by atoms with E-state index in [1.165, 1.54) is 19.9 Å². The van der Waals surface area contributed by atoms with Crippen molar-refractivity contribution in [1.82, 2.24) is 0 Å². The molecule has 0 N–H and O–H groups in total. The Kier molecular flexibility index (Phi) is 4.54. The van der Waals surface area contributed by atoms with Crippen molar-refractivity contribution >= 4 is 18.0 Å². The van der Waals surface area contributed by atoms with Crippen molar-refractivity contribution in [2.45, 2.75) is 46.0 Å². The predicted molar refractivity (Wildman–Crippen MR) is 81.1 cm³/mol. The quantitative estimate of drug-likeness (QED) is 0.486. The van der Waals surface area contributed by atoms with Crippen molar-refractivity contribution in [3.63, 3.8) is 0 Å². The Morgan fingerprint density at radius 3 is 2.45 bits per heavy atom. The van der Waals surface area contributed by atoms with Gasteiger partial charge >= 0.3 is 11.9 Å². The zero-order valence-electron chi connectivity index (χ0n) is 13.2. The molecule has 0 bridgehead atoms. The molecule has 0 radical (unpaired) electrons. The highest BCUT2D eigenvalue weighted by Crippen LogP contribution is 2.25. The minimum atomic E-state index is -1.23. The van der Waals surface area contributed by atoms with Crippen LogP contribution < -0.4 is 4.74 Å². The highest BCUT2D eigenvalue weighted by molar-refractivity contribution is 6.18. The summed E-state index contributed by atoms with van der Waals surface area (Å²) in [5, 5.41) is 0. The molecular formula is C17H20O5. The van der Waals surface area contributed by atoms with Crippen LogP contribution in [0.25, 0.3) is 6.08 Å². The minimum absolute atomic E-state index is 0.0910. The number of hydrogen-bond donors (Lipinski definition) is 0. The minimum Gasteiger partial charge on any atom is -0.491 e. The predicted octanol–water partition coefficient (Wildman–Crippen LogP) is 3.08. The molecule has 118 valence electrons. The molecule has 1 aliphatic heterocycles. The molecule has 1 unspecified atom stereocenters. The van der Waals surface area contributed by atoms with Gasteiger partial charge in [-0.1, -0.05) is 19.1 Å². The number of ether oxygens (including phenoxy) is 3. The van der Waals surface area contributed by atoms with E-state index in [-0.39, 0.29) is 11.7 Å². The highest BCUT2D eigenvalue weighted by atomic mass is 16.7. The zero-order valence-corrected chi connectivity index (χ0v) is 13.2. The SMILES string of the molecule is CCC(C)Oc1cccc(C=C2C(=O)OC(C)(C)OC2=O)c1. The third kappa shape index (κ3) is 3.87. The van der Waals surface area contributed by atoms with Crippen LogP contribution in [0.15, 0.2) is 29.8 Å². The van der Waals surface area contributed by atoms with Crippen LogP contribution in [0.5, 0.6) is 5.75 Å².